The van der Waals surface area contributed by atoms with Crippen molar-refractivity contribution in [1.82, 2.24) is 10.6 Å². The largest absolute Gasteiger partial charge is 0.493 e. The highest BCUT2D eigenvalue weighted by Gasteiger charge is 2.16. The molecule has 1 aromatic rings. The summed E-state index contributed by atoms with van der Waals surface area (Å²) >= 11 is 0. The second-order valence-electron chi connectivity index (χ2n) is 5.87. The van der Waals surface area contributed by atoms with Crippen molar-refractivity contribution >= 4 is 29.9 Å². The third-order valence-electron chi connectivity index (χ3n) is 3.90. The second-order valence-corrected chi connectivity index (χ2v) is 5.87. The number of nitrogens with one attached hydrogen (secondary N) is 2. The zero-order valence-corrected chi connectivity index (χ0v) is 18.6. The van der Waals surface area contributed by atoms with E-state index in [1.807, 2.05) is 19.1 Å². The Labute approximate surface area is 168 Å². The minimum Gasteiger partial charge on any atom is -0.493 e. The van der Waals surface area contributed by atoms with Crippen LogP contribution in [0.5, 0.6) is 17.2 Å². The molecule has 25 heavy (non-hydrogen) atoms. The summed E-state index contributed by atoms with van der Waals surface area (Å²) in [6.45, 7) is 9.84. The van der Waals surface area contributed by atoms with Crippen molar-refractivity contribution < 1.29 is 14.2 Å². The quantitative estimate of drug-likeness (QED) is 0.350. The third kappa shape index (κ3) is 6.80. The summed E-state index contributed by atoms with van der Waals surface area (Å²) in [6, 6.07) is 4.14. The number of rotatable bonds is 8. The van der Waals surface area contributed by atoms with E-state index >= 15 is 0 Å². The number of ether oxygens (including phenoxy) is 3. The maximum atomic E-state index is 5.51. The van der Waals surface area contributed by atoms with Gasteiger partial charge in [-0.1, -0.05) is 13.8 Å². The maximum absolute atomic E-state index is 5.51. The summed E-state index contributed by atoms with van der Waals surface area (Å²) in [5.74, 6) is 3.18. The predicted molar refractivity (Wildman–Crippen MR) is 114 cm³/mol. The number of methoxy groups -OCH3 is 3. The minimum atomic E-state index is 0. The van der Waals surface area contributed by atoms with Crippen molar-refractivity contribution in [2.24, 2.45) is 10.9 Å². The highest BCUT2D eigenvalue weighted by Crippen LogP contribution is 2.39. The maximum Gasteiger partial charge on any atom is 0.203 e. The number of guanidine groups is 1. The molecule has 2 N–H and O–H groups in total. The van der Waals surface area contributed by atoms with Crippen molar-refractivity contribution in [3.63, 3.8) is 0 Å². The molecule has 0 aliphatic heterocycles. The fourth-order valence-corrected chi connectivity index (χ4v) is 2.15. The zero-order chi connectivity index (χ0) is 18.1. The van der Waals surface area contributed by atoms with E-state index in [0.29, 0.717) is 35.8 Å². The Kier molecular flexibility index (Phi) is 11.4. The van der Waals surface area contributed by atoms with E-state index in [9.17, 15) is 0 Å². The molecular formula is C18H32IN3O3. The Hall–Kier alpha value is -1.38. The molecule has 0 saturated carbocycles. The van der Waals surface area contributed by atoms with E-state index in [-0.39, 0.29) is 24.0 Å². The molecule has 0 amide bonds. The first-order valence-corrected chi connectivity index (χ1v) is 8.31. The summed E-state index contributed by atoms with van der Waals surface area (Å²) in [7, 11) is 4.83. The Morgan fingerprint density at radius 2 is 1.68 bits per heavy atom. The summed E-state index contributed by atoms with van der Waals surface area (Å²) < 4.78 is 16.2. The van der Waals surface area contributed by atoms with Gasteiger partial charge < -0.3 is 24.8 Å². The molecule has 144 valence electrons. The SMILES string of the molecule is CCNC(=NCc1ccc(OC)c(OC)c1OC)NC(C)C(C)C.I. The number of hydrogen-bond donors (Lipinski definition) is 2. The van der Waals surface area contributed by atoms with Gasteiger partial charge in [0.25, 0.3) is 0 Å². The van der Waals surface area contributed by atoms with E-state index in [2.05, 4.69) is 36.4 Å². The molecule has 0 spiro atoms. The number of benzene rings is 1. The van der Waals surface area contributed by atoms with Gasteiger partial charge in [-0.05, 0) is 31.9 Å². The van der Waals surface area contributed by atoms with Crippen LogP contribution < -0.4 is 24.8 Å². The molecule has 0 aliphatic rings. The van der Waals surface area contributed by atoms with Gasteiger partial charge in [-0.15, -0.1) is 24.0 Å². The number of aliphatic imine (C=N–C) groups is 1. The fourth-order valence-electron chi connectivity index (χ4n) is 2.15. The molecule has 0 bridgehead atoms. The van der Waals surface area contributed by atoms with Crippen LogP contribution in [0.4, 0.5) is 0 Å². The van der Waals surface area contributed by atoms with Crippen molar-refractivity contribution in [1.29, 1.82) is 0 Å². The smallest absolute Gasteiger partial charge is 0.203 e. The normalized spacial score (nSPS) is 12.2. The summed E-state index contributed by atoms with van der Waals surface area (Å²) in [5, 5.41) is 6.69. The van der Waals surface area contributed by atoms with Crippen LogP contribution in [0.1, 0.15) is 33.3 Å². The molecular weight excluding hydrogens is 433 g/mol. The summed E-state index contributed by atoms with van der Waals surface area (Å²) in [5.41, 5.74) is 0.935. The van der Waals surface area contributed by atoms with E-state index in [1.54, 1.807) is 21.3 Å². The van der Waals surface area contributed by atoms with E-state index < -0.39 is 0 Å². The lowest BCUT2D eigenvalue weighted by Crippen LogP contribution is -2.44. The molecule has 0 fully saturated rings. The molecule has 0 aromatic heterocycles. The van der Waals surface area contributed by atoms with Gasteiger partial charge in [0, 0.05) is 18.2 Å². The van der Waals surface area contributed by atoms with Crippen molar-refractivity contribution in [3.8, 4) is 17.2 Å². The van der Waals surface area contributed by atoms with Crippen LogP contribution in [0.15, 0.2) is 17.1 Å². The van der Waals surface area contributed by atoms with Crippen LogP contribution >= 0.6 is 24.0 Å². The van der Waals surface area contributed by atoms with Crippen molar-refractivity contribution in [2.45, 2.75) is 40.3 Å². The van der Waals surface area contributed by atoms with Crippen LogP contribution in [0.25, 0.3) is 0 Å². The molecule has 1 unspecified atom stereocenters. The lowest BCUT2D eigenvalue weighted by atomic mass is 10.1. The molecule has 0 radical (unpaired) electrons. The highest BCUT2D eigenvalue weighted by atomic mass is 127. The molecule has 1 atom stereocenters. The number of halogens is 1. The Morgan fingerprint density at radius 1 is 1.04 bits per heavy atom. The van der Waals surface area contributed by atoms with Crippen molar-refractivity contribution in [2.75, 3.05) is 27.9 Å². The summed E-state index contributed by atoms with van der Waals surface area (Å²) in [4.78, 5) is 4.66. The van der Waals surface area contributed by atoms with Crippen molar-refractivity contribution in [3.05, 3.63) is 17.7 Å². The highest BCUT2D eigenvalue weighted by molar-refractivity contribution is 14.0. The van der Waals surface area contributed by atoms with Gasteiger partial charge in [-0.25, -0.2) is 4.99 Å². The molecule has 7 heteroatoms. The van der Waals surface area contributed by atoms with Crippen LogP contribution in [-0.4, -0.2) is 39.9 Å². The van der Waals surface area contributed by atoms with Gasteiger partial charge in [0.1, 0.15) is 0 Å². The van der Waals surface area contributed by atoms with Gasteiger partial charge in [-0.2, -0.15) is 0 Å². The average molecular weight is 465 g/mol. The molecule has 1 aromatic carbocycles. The monoisotopic (exact) mass is 465 g/mol. The zero-order valence-electron chi connectivity index (χ0n) is 16.3. The third-order valence-corrected chi connectivity index (χ3v) is 3.90. The molecule has 6 nitrogen and oxygen atoms in total. The topological polar surface area (TPSA) is 64.1 Å². The first kappa shape index (κ1) is 23.6. The standard InChI is InChI=1S/C18H31N3O3.HI/c1-8-19-18(21-13(4)12(2)3)20-11-14-9-10-15(22-5)17(24-7)16(14)23-6;/h9-10,12-13H,8,11H2,1-7H3,(H2,19,20,21);1H. The van der Waals surface area contributed by atoms with Gasteiger partial charge in [-0.3, -0.25) is 0 Å². The first-order valence-electron chi connectivity index (χ1n) is 8.31. The number of hydrogen-bond acceptors (Lipinski definition) is 4. The van der Waals surface area contributed by atoms with Crippen LogP contribution in [0.3, 0.4) is 0 Å². The van der Waals surface area contributed by atoms with Gasteiger partial charge >= 0.3 is 0 Å². The van der Waals surface area contributed by atoms with Gasteiger partial charge in [0.15, 0.2) is 17.5 Å². The predicted octanol–water partition coefficient (Wildman–Crippen LogP) is 3.43. The average Bonchev–Trinajstić information content (AvgIpc) is 2.58. The molecule has 0 aliphatic carbocycles. The Bertz CT molecular complexity index is 551. The molecule has 1 rings (SSSR count). The van der Waals surface area contributed by atoms with Gasteiger partial charge in [0.05, 0.1) is 27.9 Å². The van der Waals surface area contributed by atoms with Crippen LogP contribution in [0.2, 0.25) is 0 Å². The Balaban J connectivity index is 0.00000576. The first-order chi connectivity index (χ1) is 11.5. The number of nitrogens with zero attached hydrogens (tertiary/aromatic N) is 1. The minimum absolute atomic E-state index is 0. The van der Waals surface area contributed by atoms with E-state index in [1.165, 1.54) is 0 Å². The summed E-state index contributed by atoms with van der Waals surface area (Å²) in [6.07, 6.45) is 0. The van der Waals surface area contributed by atoms with Crippen LogP contribution in [0, 0.1) is 5.92 Å². The van der Waals surface area contributed by atoms with E-state index in [0.717, 1.165) is 18.1 Å². The Morgan fingerprint density at radius 3 is 2.16 bits per heavy atom. The lowest BCUT2D eigenvalue weighted by molar-refractivity contribution is 0.322. The van der Waals surface area contributed by atoms with E-state index in [4.69, 9.17) is 14.2 Å². The second kappa shape index (κ2) is 12.1. The lowest BCUT2D eigenvalue weighted by Gasteiger charge is -2.21. The van der Waals surface area contributed by atoms with Gasteiger partial charge in [0.2, 0.25) is 5.75 Å². The molecule has 0 heterocycles. The fraction of sp³-hybridized carbons (Fsp3) is 0.611. The van der Waals surface area contributed by atoms with Crippen LogP contribution in [-0.2, 0) is 6.54 Å². The molecule has 0 saturated heterocycles.